The molecule has 1 saturated heterocycles. The second-order valence-electron chi connectivity index (χ2n) is 7.68. The lowest BCUT2D eigenvalue weighted by Gasteiger charge is -2.36. The first-order chi connectivity index (χ1) is 13.3. The van der Waals surface area contributed by atoms with Gasteiger partial charge in [-0.2, -0.15) is 0 Å². The molecule has 0 radical (unpaired) electrons. The zero-order chi connectivity index (χ0) is 20.5. The van der Waals surface area contributed by atoms with Crippen molar-refractivity contribution in [3.05, 3.63) is 29.8 Å². The van der Waals surface area contributed by atoms with Crippen molar-refractivity contribution in [1.82, 2.24) is 9.80 Å². The molecule has 2 atom stereocenters. The van der Waals surface area contributed by atoms with E-state index < -0.39 is 12.2 Å². The lowest BCUT2D eigenvalue weighted by atomic mass is 10.1. The molecule has 1 aliphatic rings. The molecule has 1 aromatic carbocycles. The highest BCUT2D eigenvalue weighted by Gasteiger charge is 2.21. The van der Waals surface area contributed by atoms with Crippen molar-refractivity contribution in [2.45, 2.75) is 39.1 Å². The second-order valence-corrected chi connectivity index (χ2v) is 7.68. The minimum Gasteiger partial charge on any atom is -0.491 e. The summed E-state index contributed by atoms with van der Waals surface area (Å²) in [6, 6.07) is 6.95. The molecule has 158 valence electrons. The number of carbonyl (C=O) groups is 1. The van der Waals surface area contributed by atoms with Gasteiger partial charge in [0.1, 0.15) is 18.5 Å². The molecule has 7 nitrogen and oxygen atoms in total. The number of rotatable bonds is 11. The average molecular weight is 395 g/mol. The molecule has 0 spiro atoms. The van der Waals surface area contributed by atoms with E-state index in [4.69, 9.17) is 9.47 Å². The Labute approximate surface area is 167 Å². The number of β-amino-alcohol motifs (C(OH)–C–C–N with tert-alkyl or cyclic N) is 2. The molecule has 0 saturated carbocycles. The van der Waals surface area contributed by atoms with Crippen LogP contribution in [0.15, 0.2) is 24.3 Å². The smallest absolute Gasteiger partial charge is 0.159 e. The van der Waals surface area contributed by atoms with Crippen molar-refractivity contribution in [2.75, 3.05) is 52.5 Å². The summed E-state index contributed by atoms with van der Waals surface area (Å²) in [4.78, 5) is 15.7. The van der Waals surface area contributed by atoms with Gasteiger partial charge >= 0.3 is 0 Å². The van der Waals surface area contributed by atoms with Gasteiger partial charge in [0.25, 0.3) is 0 Å². The number of hydrogen-bond donors (Lipinski definition) is 2. The topological polar surface area (TPSA) is 82.5 Å². The summed E-state index contributed by atoms with van der Waals surface area (Å²) < 4.78 is 11.1. The molecule has 0 amide bonds. The molecule has 0 unspecified atom stereocenters. The maximum atomic E-state index is 11.3. The van der Waals surface area contributed by atoms with Crippen LogP contribution in [0.3, 0.4) is 0 Å². The number of hydrogen-bond acceptors (Lipinski definition) is 7. The van der Waals surface area contributed by atoms with Crippen LogP contribution in [0, 0.1) is 0 Å². The number of ether oxygens (including phenoxy) is 2. The van der Waals surface area contributed by atoms with E-state index >= 15 is 0 Å². The van der Waals surface area contributed by atoms with Crippen molar-refractivity contribution >= 4 is 5.78 Å². The zero-order valence-electron chi connectivity index (χ0n) is 17.2. The van der Waals surface area contributed by atoms with Crippen LogP contribution < -0.4 is 4.74 Å². The summed E-state index contributed by atoms with van der Waals surface area (Å²) >= 11 is 0. The molecule has 0 bridgehead atoms. The van der Waals surface area contributed by atoms with Crippen LogP contribution in [-0.2, 0) is 4.74 Å². The molecule has 1 aromatic rings. The average Bonchev–Trinajstić information content (AvgIpc) is 2.66. The van der Waals surface area contributed by atoms with E-state index in [0.717, 1.165) is 26.2 Å². The van der Waals surface area contributed by atoms with Gasteiger partial charge < -0.3 is 19.7 Å². The zero-order valence-corrected chi connectivity index (χ0v) is 17.2. The molecule has 2 rings (SSSR count). The molecule has 1 fully saturated rings. The van der Waals surface area contributed by atoms with Gasteiger partial charge in [-0.1, -0.05) is 0 Å². The maximum absolute atomic E-state index is 11.3. The highest BCUT2D eigenvalue weighted by Crippen LogP contribution is 2.13. The Kier molecular flexibility index (Phi) is 9.34. The number of nitrogens with zero attached hydrogens (tertiary/aromatic N) is 2. The van der Waals surface area contributed by atoms with Gasteiger partial charge in [0.2, 0.25) is 0 Å². The quantitative estimate of drug-likeness (QED) is 0.543. The predicted octanol–water partition coefficient (Wildman–Crippen LogP) is 1.03. The van der Waals surface area contributed by atoms with Crippen molar-refractivity contribution < 1.29 is 24.5 Å². The van der Waals surface area contributed by atoms with E-state index in [2.05, 4.69) is 9.80 Å². The number of benzene rings is 1. The molecule has 28 heavy (non-hydrogen) atoms. The van der Waals surface area contributed by atoms with Crippen LogP contribution in [0.5, 0.6) is 5.75 Å². The van der Waals surface area contributed by atoms with Crippen LogP contribution in [0.1, 0.15) is 31.1 Å². The monoisotopic (exact) mass is 394 g/mol. The van der Waals surface area contributed by atoms with E-state index in [9.17, 15) is 15.0 Å². The van der Waals surface area contributed by atoms with Crippen LogP contribution in [-0.4, -0.2) is 96.6 Å². The van der Waals surface area contributed by atoms with E-state index in [-0.39, 0.29) is 18.5 Å². The van der Waals surface area contributed by atoms with Crippen LogP contribution in [0.2, 0.25) is 0 Å². The Morgan fingerprint density at radius 2 is 1.46 bits per heavy atom. The Bertz CT molecular complexity index is 585. The van der Waals surface area contributed by atoms with Crippen LogP contribution in [0.4, 0.5) is 0 Å². The van der Waals surface area contributed by atoms with Gasteiger partial charge in [-0.3, -0.25) is 14.6 Å². The minimum atomic E-state index is -0.580. The molecule has 2 N–H and O–H groups in total. The summed E-state index contributed by atoms with van der Waals surface area (Å²) in [7, 11) is 0. The number of carbonyl (C=O) groups excluding carboxylic acids is 1. The summed E-state index contributed by atoms with van der Waals surface area (Å²) in [5, 5.41) is 20.3. The summed E-state index contributed by atoms with van der Waals surface area (Å²) in [6.45, 7) is 10.6. The fourth-order valence-corrected chi connectivity index (χ4v) is 3.14. The summed E-state index contributed by atoms with van der Waals surface area (Å²) in [6.07, 6.45) is -0.923. The number of ketones is 1. The molecule has 1 aliphatic heterocycles. The number of aliphatic hydroxyl groups is 2. The highest BCUT2D eigenvalue weighted by atomic mass is 16.5. The largest absolute Gasteiger partial charge is 0.491 e. The van der Waals surface area contributed by atoms with Crippen molar-refractivity contribution in [3.8, 4) is 5.75 Å². The normalized spacial score (nSPS) is 18.2. The van der Waals surface area contributed by atoms with Crippen LogP contribution >= 0.6 is 0 Å². The lowest BCUT2D eigenvalue weighted by Crippen LogP contribution is -2.51. The van der Waals surface area contributed by atoms with Gasteiger partial charge in [-0.05, 0) is 45.0 Å². The lowest BCUT2D eigenvalue weighted by molar-refractivity contribution is -0.0176. The first-order valence-electron chi connectivity index (χ1n) is 9.99. The van der Waals surface area contributed by atoms with Gasteiger partial charge in [0.15, 0.2) is 5.78 Å². The van der Waals surface area contributed by atoms with Crippen LogP contribution in [0.25, 0.3) is 0 Å². The number of aliphatic hydroxyl groups excluding tert-OH is 2. The fourth-order valence-electron chi connectivity index (χ4n) is 3.14. The SMILES string of the molecule is CC(=O)c1ccc(OC[C@@H](O)CN2CCN(C[C@@H](O)COC(C)C)CC2)cc1. The Balaban J connectivity index is 1.63. The Morgan fingerprint density at radius 3 is 1.93 bits per heavy atom. The molecule has 1 heterocycles. The molecular formula is C21H34N2O5. The molecular weight excluding hydrogens is 360 g/mol. The summed E-state index contributed by atoms with van der Waals surface area (Å²) in [5.74, 6) is 0.664. The first kappa shape index (κ1) is 22.8. The highest BCUT2D eigenvalue weighted by molar-refractivity contribution is 5.94. The Hall–Kier alpha value is -1.51. The third kappa shape index (κ3) is 8.24. The van der Waals surface area contributed by atoms with Crippen molar-refractivity contribution in [3.63, 3.8) is 0 Å². The standard InChI is InChI=1S/C21H34N2O5/c1-16(2)27-14-19(25)12-22-8-10-23(11-9-22)13-20(26)15-28-21-6-4-18(5-7-21)17(3)24/h4-7,16,19-20,25-26H,8-15H2,1-3H3/t19-,20+/m1/s1. The maximum Gasteiger partial charge on any atom is 0.159 e. The second kappa shape index (κ2) is 11.5. The van der Waals surface area contributed by atoms with Gasteiger partial charge in [0, 0.05) is 44.8 Å². The third-order valence-electron chi connectivity index (χ3n) is 4.73. The predicted molar refractivity (Wildman–Crippen MR) is 108 cm³/mol. The van der Waals surface area contributed by atoms with Gasteiger partial charge in [-0.25, -0.2) is 0 Å². The molecule has 7 heteroatoms. The third-order valence-corrected chi connectivity index (χ3v) is 4.73. The van der Waals surface area contributed by atoms with E-state index in [1.807, 2.05) is 13.8 Å². The number of Topliss-reactive ketones (excluding diaryl/α,β-unsaturated/α-hetero) is 1. The number of piperazine rings is 1. The first-order valence-corrected chi connectivity index (χ1v) is 9.99. The van der Waals surface area contributed by atoms with Gasteiger partial charge in [-0.15, -0.1) is 0 Å². The fraction of sp³-hybridized carbons (Fsp3) is 0.667. The van der Waals surface area contributed by atoms with E-state index in [0.29, 0.717) is 31.0 Å². The van der Waals surface area contributed by atoms with Crippen molar-refractivity contribution in [2.24, 2.45) is 0 Å². The van der Waals surface area contributed by atoms with E-state index in [1.165, 1.54) is 6.92 Å². The van der Waals surface area contributed by atoms with E-state index in [1.54, 1.807) is 24.3 Å². The Morgan fingerprint density at radius 1 is 0.964 bits per heavy atom. The molecule has 0 aliphatic carbocycles. The summed E-state index contributed by atoms with van der Waals surface area (Å²) in [5.41, 5.74) is 0.645. The molecule has 0 aromatic heterocycles. The van der Waals surface area contributed by atoms with Crippen molar-refractivity contribution in [1.29, 1.82) is 0 Å². The van der Waals surface area contributed by atoms with Gasteiger partial charge in [0.05, 0.1) is 18.8 Å². The minimum absolute atomic E-state index is 0.0192.